The summed E-state index contributed by atoms with van der Waals surface area (Å²) < 4.78 is 13.9. The molecule has 0 amide bonds. The summed E-state index contributed by atoms with van der Waals surface area (Å²) in [6, 6.07) is 0. The fourth-order valence-corrected chi connectivity index (χ4v) is 3.44. The van der Waals surface area contributed by atoms with Gasteiger partial charge in [0.05, 0.1) is 30.0 Å². The molecule has 2 aromatic heterocycles. The minimum Gasteiger partial charge on any atom is -0.443 e. The molecule has 1 aliphatic heterocycles. The standard InChI is InChI=1S/C23H31N5O6/c1-7-8-14-10-27(17-9-15(30)16(11-29)34-17)19-18(14)25-22(24-12-26(5)6)28(20(19)31)13-33-21(32)23(2,3)4/h10,12,15-17,29-30H,9,11,13H2,1-6H3/t15-,16+,17+/m0/s1. The van der Waals surface area contributed by atoms with Crippen LogP contribution in [-0.4, -0.2) is 74.4 Å². The van der Waals surface area contributed by atoms with Crippen LogP contribution >= 0.6 is 0 Å². The molecule has 0 saturated carbocycles. The van der Waals surface area contributed by atoms with Crippen molar-refractivity contribution < 1.29 is 24.5 Å². The van der Waals surface area contributed by atoms with Gasteiger partial charge in [-0.1, -0.05) is 5.92 Å². The molecule has 3 heterocycles. The van der Waals surface area contributed by atoms with E-state index in [0.29, 0.717) is 11.1 Å². The Kier molecular flexibility index (Phi) is 7.45. The number of carbonyl (C=O) groups excluding carboxylic acids is 1. The minimum absolute atomic E-state index is 0.0467. The van der Waals surface area contributed by atoms with E-state index in [2.05, 4.69) is 21.8 Å². The van der Waals surface area contributed by atoms with Crippen LogP contribution in [0.5, 0.6) is 0 Å². The predicted molar refractivity (Wildman–Crippen MR) is 126 cm³/mol. The SMILES string of the molecule is CC#Cc1cn([C@H]2C[C@H](O)[C@@H](CO)O2)c2c(=O)n(COC(=O)C(C)(C)C)c(N=CN(C)C)nc12. The number of rotatable bonds is 6. The van der Waals surface area contributed by atoms with E-state index in [1.165, 1.54) is 10.9 Å². The summed E-state index contributed by atoms with van der Waals surface area (Å²) in [6.45, 7) is 6.07. The van der Waals surface area contributed by atoms with Crippen molar-refractivity contribution in [3.8, 4) is 11.8 Å². The molecule has 0 aliphatic carbocycles. The lowest BCUT2D eigenvalue weighted by Crippen LogP contribution is -2.29. The number of fused-ring (bicyclic) bond motifs is 1. The molecule has 11 nitrogen and oxygen atoms in total. The quantitative estimate of drug-likeness (QED) is 0.275. The van der Waals surface area contributed by atoms with Gasteiger partial charge in [-0.2, -0.15) is 0 Å². The van der Waals surface area contributed by atoms with Crippen molar-refractivity contribution in [2.45, 2.75) is 59.3 Å². The van der Waals surface area contributed by atoms with Crippen molar-refractivity contribution in [1.29, 1.82) is 0 Å². The zero-order chi connectivity index (χ0) is 25.2. The van der Waals surface area contributed by atoms with Crippen LogP contribution in [0.3, 0.4) is 0 Å². The second-order valence-electron chi connectivity index (χ2n) is 9.30. The zero-order valence-corrected chi connectivity index (χ0v) is 20.3. The van der Waals surface area contributed by atoms with Gasteiger partial charge < -0.3 is 29.2 Å². The third kappa shape index (κ3) is 5.14. The molecule has 0 bridgehead atoms. The number of aromatic nitrogens is 3. The highest BCUT2D eigenvalue weighted by atomic mass is 16.5. The maximum Gasteiger partial charge on any atom is 0.312 e. The topological polar surface area (TPSA) is 131 Å². The van der Waals surface area contributed by atoms with Crippen LogP contribution < -0.4 is 5.56 Å². The van der Waals surface area contributed by atoms with Gasteiger partial charge >= 0.3 is 5.97 Å². The molecular weight excluding hydrogens is 442 g/mol. The highest BCUT2D eigenvalue weighted by Crippen LogP contribution is 2.32. The van der Waals surface area contributed by atoms with E-state index in [0.717, 1.165) is 0 Å². The zero-order valence-electron chi connectivity index (χ0n) is 20.3. The molecule has 34 heavy (non-hydrogen) atoms. The Morgan fingerprint density at radius 3 is 2.71 bits per heavy atom. The number of aliphatic hydroxyl groups is 2. The molecule has 11 heteroatoms. The summed E-state index contributed by atoms with van der Waals surface area (Å²) in [7, 11) is 3.55. The molecule has 3 rings (SSSR count). The second kappa shape index (κ2) is 9.97. The van der Waals surface area contributed by atoms with Crippen molar-refractivity contribution in [3.05, 3.63) is 22.1 Å². The van der Waals surface area contributed by atoms with E-state index < -0.39 is 35.4 Å². The first-order valence-electron chi connectivity index (χ1n) is 10.9. The highest BCUT2D eigenvalue weighted by molar-refractivity contribution is 5.83. The molecule has 1 aliphatic rings. The van der Waals surface area contributed by atoms with Crippen LogP contribution in [0, 0.1) is 17.3 Å². The summed E-state index contributed by atoms with van der Waals surface area (Å²) in [4.78, 5) is 36.6. The summed E-state index contributed by atoms with van der Waals surface area (Å²) in [5.41, 5.74) is -0.295. The molecule has 1 saturated heterocycles. The Bertz CT molecular complexity index is 1210. The fraction of sp³-hybridized carbons (Fsp3) is 0.565. The van der Waals surface area contributed by atoms with E-state index in [1.54, 1.807) is 57.5 Å². The Balaban J connectivity index is 2.21. The monoisotopic (exact) mass is 473 g/mol. The average molecular weight is 474 g/mol. The van der Waals surface area contributed by atoms with Crippen LogP contribution in [0.2, 0.25) is 0 Å². The van der Waals surface area contributed by atoms with Crippen LogP contribution in [0.15, 0.2) is 16.0 Å². The van der Waals surface area contributed by atoms with E-state index in [1.807, 2.05) is 0 Å². The van der Waals surface area contributed by atoms with Crippen LogP contribution in [0.25, 0.3) is 11.0 Å². The number of carbonyl (C=O) groups is 1. The van der Waals surface area contributed by atoms with Gasteiger partial charge in [0.25, 0.3) is 5.56 Å². The summed E-state index contributed by atoms with van der Waals surface area (Å²) >= 11 is 0. The summed E-state index contributed by atoms with van der Waals surface area (Å²) in [5.74, 6) is 5.32. The molecule has 0 unspecified atom stereocenters. The summed E-state index contributed by atoms with van der Waals surface area (Å²) in [5, 5.41) is 19.7. The molecule has 0 spiro atoms. The number of esters is 1. The van der Waals surface area contributed by atoms with Gasteiger partial charge in [-0.25, -0.2) is 14.5 Å². The first-order valence-corrected chi connectivity index (χ1v) is 10.9. The van der Waals surface area contributed by atoms with Crippen LogP contribution in [0.4, 0.5) is 5.95 Å². The van der Waals surface area contributed by atoms with Crippen molar-refractivity contribution in [3.63, 3.8) is 0 Å². The van der Waals surface area contributed by atoms with Gasteiger partial charge in [-0.3, -0.25) is 9.59 Å². The Labute approximate surface area is 197 Å². The number of nitrogens with zero attached hydrogens (tertiary/aromatic N) is 5. The largest absolute Gasteiger partial charge is 0.443 e. The van der Waals surface area contributed by atoms with Gasteiger partial charge in [0.2, 0.25) is 5.95 Å². The normalized spacial score (nSPS) is 20.5. The average Bonchev–Trinajstić information content (AvgIpc) is 3.31. The minimum atomic E-state index is -0.889. The maximum absolute atomic E-state index is 13.7. The van der Waals surface area contributed by atoms with Gasteiger partial charge in [-0.15, -0.1) is 5.92 Å². The first-order chi connectivity index (χ1) is 16.0. The molecule has 0 aromatic carbocycles. The van der Waals surface area contributed by atoms with E-state index in [9.17, 15) is 19.8 Å². The molecule has 1 fully saturated rings. The molecule has 184 valence electrons. The van der Waals surface area contributed by atoms with E-state index in [-0.39, 0.29) is 31.2 Å². The Morgan fingerprint density at radius 2 is 2.15 bits per heavy atom. The molecule has 2 N–H and O–H groups in total. The molecular formula is C23H31N5O6. The Morgan fingerprint density at radius 1 is 1.44 bits per heavy atom. The molecule has 3 atom stereocenters. The van der Waals surface area contributed by atoms with Crippen LogP contribution in [-0.2, 0) is 21.0 Å². The van der Waals surface area contributed by atoms with Crippen LogP contribution in [0.1, 0.15) is 45.9 Å². The van der Waals surface area contributed by atoms with Crippen molar-refractivity contribution >= 4 is 29.3 Å². The summed E-state index contributed by atoms with van der Waals surface area (Å²) in [6.07, 6.45) is 0.929. The van der Waals surface area contributed by atoms with E-state index in [4.69, 9.17) is 9.47 Å². The first kappa shape index (κ1) is 25.4. The number of aliphatic imine (C=N–C) groups is 1. The Hall–Kier alpha value is -3.20. The third-order valence-electron chi connectivity index (χ3n) is 5.20. The van der Waals surface area contributed by atoms with Crippen molar-refractivity contribution in [2.75, 3.05) is 20.7 Å². The molecule has 0 radical (unpaired) electrons. The predicted octanol–water partition coefficient (Wildman–Crippen LogP) is 0.978. The van der Waals surface area contributed by atoms with Gasteiger partial charge in [0, 0.05) is 26.7 Å². The van der Waals surface area contributed by atoms with Gasteiger partial charge in [0.15, 0.2) is 6.73 Å². The van der Waals surface area contributed by atoms with Gasteiger partial charge in [0.1, 0.15) is 23.4 Å². The lowest BCUT2D eigenvalue weighted by atomic mass is 9.98. The number of aliphatic hydroxyl groups excluding tert-OH is 2. The van der Waals surface area contributed by atoms with Crippen molar-refractivity contribution in [2.24, 2.45) is 10.4 Å². The fourth-order valence-electron chi connectivity index (χ4n) is 3.44. The second-order valence-corrected chi connectivity index (χ2v) is 9.30. The number of ether oxygens (including phenoxy) is 2. The highest BCUT2D eigenvalue weighted by Gasteiger charge is 2.36. The maximum atomic E-state index is 13.7. The smallest absolute Gasteiger partial charge is 0.312 e. The molecule has 2 aromatic rings. The number of hydrogen-bond donors (Lipinski definition) is 2. The van der Waals surface area contributed by atoms with Crippen molar-refractivity contribution in [1.82, 2.24) is 19.0 Å². The lowest BCUT2D eigenvalue weighted by Gasteiger charge is -2.18. The lowest BCUT2D eigenvalue weighted by molar-refractivity contribution is -0.157. The third-order valence-corrected chi connectivity index (χ3v) is 5.20. The number of hydrogen-bond acceptors (Lipinski definition) is 8. The van der Waals surface area contributed by atoms with Gasteiger partial charge in [-0.05, 0) is 27.7 Å². The van der Waals surface area contributed by atoms with E-state index >= 15 is 0 Å².